The number of rotatable bonds is 6. The van der Waals surface area contributed by atoms with E-state index in [-0.39, 0.29) is 5.41 Å². The quantitative estimate of drug-likeness (QED) is 0.735. The van der Waals surface area contributed by atoms with Crippen LogP contribution in [0.4, 0.5) is 0 Å². The first-order chi connectivity index (χ1) is 7.15. The average molecular weight is 231 g/mol. The predicted molar refractivity (Wildman–Crippen MR) is 68.4 cm³/mol. The lowest BCUT2D eigenvalue weighted by Gasteiger charge is -2.31. The van der Waals surface area contributed by atoms with Crippen LogP contribution in [0.25, 0.3) is 0 Å². The third-order valence-corrected chi connectivity index (χ3v) is 5.16. The highest BCUT2D eigenvalue weighted by Crippen LogP contribution is 2.28. The zero-order valence-electron chi connectivity index (χ0n) is 10.3. The van der Waals surface area contributed by atoms with Gasteiger partial charge in [-0.25, -0.2) is 0 Å². The summed E-state index contributed by atoms with van der Waals surface area (Å²) in [7, 11) is 0. The first-order valence-corrected chi connectivity index (χ1v) is 7.16. The number of thioether (sulfide) groups is 1. The molecule has 2 unspecified atom stereocenters. The first-order valence-electron chi connectivity index (χ1n) is 6.11. The Balaban J connectivity index is 2.33. The predicted octanol–water partition coefficient (Wildman–Crippen LogP) is 2.27. The maximum Gasteiger partial charge on any atom is 0.0499 e. The monoisotopic (exact) mass is 231 g/mol. The van der Waals surface area contributed by atoms with Crippen LogP contribution >= 0.6 is 11.8 Å². The van der Waals surface area contributed by atoms with Crippen molar-refractivity contribution >= 4 is 11.8 Å². The molecule has 2 atom stereocenters. The van der Waals surface area contributed by atoms with E-state index in [1.165, 1.54) is 12.2 Å². The van der Waals surface area contributed by atoms with Crippen molar-refractivity contribution in [1.29, 1.82) is 0 Å². The largest absolute Gasteiger partial charge is 0.396 e. The molecule has 1 aliphatic heterocycles. The summed E-state index contributed by atoms with van der Waals surface area (Å²) in [6.45, 7) is 7.92. The van der Waals surface area contributed by atoms with Crippen LogP contribution in [0.1, 0.15) is 40.0 Å². The second-order valence-corrected chi connectivity index (χ2v) is 6.29. The summed E-state index contributed by atoms with van der Waals surface area (Å²) in [5.41, 5.74) is 0.108. The van der Waals surface area contributed by atoms with Gasteiger partial charge in [-0.1, -0.05) is 20.8 Å². The molecule has 2 nitrogen and oxygen atoms in total. The highest BCUT2D eigenvalue weighted by Gasteiger charge is 2.28. The molecule has 1 saturated heterocycles. The fourth-order valence-corrected chi connectivity index (χ4v) is 3.28. The molecule has 3 heteroatoms. The SMILES string of the molecule is CCC(CC)(CO)CNC1CSC(C)C1. The minimum atomic E-state index is 0.108. The molecule has 0 aromatic heterocycles. The van der Waals surface area contributed by atoms with Gasteiger partial charge >= 0.3 is 0 Å². The number of aliphatic hydroxyl groups excluding tert-OH is 1. The van der Waals surface area contributed by atoms with E-state index >= 15 is 0 Å². The van der Waals surface area contributed by atoms with Crippen LogP contribution in [0.2, 0.25) is 0 Å². The third kappa shape index (κ3) is 3.65. The van der Waals surface area contributed by atoms with Crippen LogP contribution in [0, 0.1) is 5.41 Å². The van der Waals surface area contributed by atoms with Gasteiger partial charge in [-0.05, 0) is 19.3 Å². The third-order valence-electron chi connectivity index (χ3n) is 3.80. The molecule has 2 N–H and O–H groups in total. The van der Waals surface area contributed by atoms with E-state index in [9.17, 15) is 5.11 Å². The minimum Gasteiger partial charge on any atom is -0.396 e. The van der Waals surface area contributed by atoms with Gasteiger partial charge in [-0.15, -0.1) is 0 Å². The highest BCUT2D eigenvalue weighted by atomic mass is 32.2. The molecule has 1 heterocycles. The van der Waals surface area contributed by atoms with Crippen LogP contribution in [0.5, 0.6) is 0 Å². The molecule has 1 fully saturated rings. The van der Waals surface area contributed by atoms with Crippen LogP contribution in [0.15, 0.2) is 0 Å². The van der Waals surface area contributed by atoms with E-state index in [1.807, 2.05) is 0 Å². The van der Waals surface area contributed by atoms with Crippen molar-refractivity contribution < 1.29 is 5.11 Å². The van der Waals surface area contributed by atoms with Crippen molar-refractivity contribution in [2.24, 2.45) is 5.41 Å². The topological polar surface area (TPSA) is 32.3 Å². The van der Waals surface area contributed by atoms with Crippen molar-refractivity contribution in [3.8, 4) is 0 Å². The van der Waals surface area contributed by atoms with E-state index in [0.717, 1.165) is 24.6 Å². The molecule has 90 valence electrons. The molecule has 1 aliphatic rings. The molecule has 0 aromatic rings. The Morgan fingerprint density at radius 3 is 2.47 bits per heavy atom. The van der Waals surface area contributed by atoms with E-state index in [4.69, 9.17) is 0 Å². The summed E-state index contributed by atoms with van der Waals surface area (Å²) in [5.74, 6) is 1.23. The van der Waals surface area contributed by atoms with Crippen molar-refractivity contribution in [3.63, 3.8) is 0 Å². The smallest absolute Gasteiger partial charge is 0.0499 e. The molecular weight excluding hydrogens is 206 g/mol. The summed E-state index contributed by atoms with van der Waals surface area (Å²) in [6.07, 6.45) is 3.39. The van der Waals surface area contributed by atoms with Gasteiger partial charge in [-0.2, -0.15) is 11.8 Å². The summed E-state index contributed by atoms with van der Waals surface area (Å²) >= 11 is 2.05. The molecule has 0 radical (unpaired) electrons. The number of aliphatic hydroxyl groups is 1. The summed E-state index contributed by atoms with van der Waals surface area (Å²) in [4.78, 5) is 0. The molecule has 15 heavy (non-hydrogen) atoms. The van der Waals surface area contributed by atoms with Gasteiger partial charge < -0.3 is 10.4 Å². The van der Waals surface area contributed by atoms with Gasteiger partial charge in [0.05, 0.1) is 0 Å². The van der Waals surface area contributed by atoms with Crippen molar-refractivity contribution in [3.05, 3.63) is 0 Å². The van der Waals surface area contributed by atoms with Crippen molar-refractivity contribution in [1.82, 2.24) is 5.32 Å². The molecule has 0 spiro atoms. The van der Waals surface area contributed by atoms with Crippen LogP contribution in [0.3, 0.4) is 0 Å². The second-order valence-electron chi connectivity index (χ2n) is 4.82. The Kier molecular flexibility index (Phi) is 5.44. The maximum absolute atomic E-state index is 9.46. The lowest BCUT2D eigenvalue weighted by atomic mass is 9.83. The van der Waals surface area contributed by atoms with E-state index in [0.29, 0.717) is 12.6 Å². The zero-order valence-corrected chi connectivity index (χ0v) is 11.1. The van der Waals surface area contributed by atoms with E-state index in [1.54, 1.807) is 0 Å². The van der Waals surface area contributed by atoms with E-state index < -0.39 is 0 Å². The van der Waals surface area contributed by atoms with Gasteiger partial charge in [0.25, 0.3) is 0 Å². The number of hydrogen-bond donors (Lipinski definition) is 2. The first kappa shape index (κ1) is 13.3. The Morgan fingerprint density at radius 2 is 2.07 bits per heavy atom. The lowest BCUT2D eigenvalue weighted by molar-refractivity contribution is 0.110. The molecule has 1 rings (SSSR count). The van der Waals surface area contributed by atoms with Gasteiger partial charge in [0.15, 0.2) is 0 Å². The number of nitrogens with one attached hydrogen (secondary N) is 1. The van der Waals surface area contributed by atoms with Gasteiger partial charge in [-0.3, -0.25) is 0 Å². The Labute approximate surface area is 98.2 Å². The molecule has 0 aliphatic carbocycles. The van der Waals surface area contributed by atoms with Crippen molar-refractivity contribution in [2.75, 3.05) is 18.9 Å². The second kappa shape index (κ2) is 6.12. The van der Waals surface area contributed by atoms with Crippen LogP contribution in [-0.2, 0) is 0 Å². The van der Waals surface area contributed by atoms with Gasteiger partial charge in [0, 0.05) is 35.6 Å². The van der Waals surface area contributed by atoms with Crippen molar-refractivity contribution in [2.45, 2.75) is 51.3 Å². The Hall–Kier alpha value is 0.270. The lowest BCUT2D eigenvalue weighted by Crippen LogP contribution is -2.41. The molecule has 0 saturated carbocycles. The zero-order chi connectivity index (χ0) is 11.3. The fraction of sp³-hybridized carbons (Fsp3) is 1.00. The van der Waals surface area contributed by atoms with Crippen LogP contribution in [-0.4, -0.2) is 35.3 Å². The summed E-state index contributed by atoms with van der Waals surface area (Å²) in [5, 5.41) is 13.9. The molecular formula is C12H25NOS. The molecule has 0 aromatic carbocycles. The van der Waals surface area contributed by atoms with Gasteiger partial charge in [0.2, 0.25) is 0 Å². The standard InChI is InChI=1S/C12H25NOS/c1-4-12(5-2,9-14)8-13-11-6-10(3)15-7-11/h10-11,13-14H,4-9H2,1-3H3. The average Bonchev–Trinajstić information content (AvgIpc) is 2.67. The van der Waals surface area contributed by atoms with E-state index in [2.05, 4.69) is 37.8 Å². The summed E-state index contributed by atoms with van der Waals surface area (Å²) in [6, 6.07) is 0.661. The molecule has 0 amide bonds. The Morgan fingerprint density at radius 1 is 1.40 bits per heavy atom. The van der Waals surface area contributed by atoms with Gasteiger partial charge in [0.1, 0.15) is 0 Å². The highest BCUT2D eigenvalue weighted by molar-refractivity contribution is 8.00. The van der Waals surface area contributed by atoms with Crippen LogP contribution < -0.4 is 5.32 Å². The molecule has 0 bridgehead atoms. The number of hydrogen-bond acceptors (Lipinski definition) is 3. The fourth-order valence-electron chi connectivity index (χ4n) is 2.10. The summed E-state index contributed by atoms with van der Waals surface area (Å²) < 4.78 is 0. The minimum absolute atomic E-state index is 0.108. The Bertz CT molecular complexity index is 174. The maximum atomic E-state index is 9.46. The normalized spacial score (nSPS) is 27.2.